The van der Waals surface area contributed by atoms with Crippen LogP contribution in [0.4, 0.5) is 0 Å². The summed E-state index contributed by atoms with van der Waals surface area (Å²) in [6.45, 7) is 1.77. The molecule has 0 heterocycles. The Morgan fingerprint density at radius 1 is 1.21 bits per heavy atom. The van der Waals surface area contributed by atoms with Crippen LogP contribution in [0, 0.1) is 23.2 Å². The predicted molar refractivity (Wildman–Crippen MR) is 95.1 cm³/mol. The fourth-order valence-electron chi connectivity index (χ4n) is 5.97. The molecule has 0 atom stereocenters. The van der Waals surface area contributed by atoms with Gasteiger partial charge >= 0.3 is 5.97 Å². The fourth-order valence-corrected chi connectivity index (χ4v) is 6.14. The molecule has 4 saturated carbocycles. The Labute approximate surface area is 149 Å². The maximum absolute atomic E-state index is 12.0. The van der Waals surface area contributed by atoms with Crippen LogP contribution in [0.25, 0.3) is 0 Å². The monoisotopic (exact) mass is 347 g/mol. The van der Waals surface area contributed by atoms with Gasteiger partial charge in [0.1, 0.15) is 0 Å². The highest BCUT2D eigenvalue weighted by atomic mass is 35.5. The molecule has 0 amide bonds. The first-order valence-corrected chi connectivity index (χ1v) is 9.52. The number of rotatable bonds is 5. The van der Waals surface area contributed by atoms with Crippen molar-refractivity contribution in [1.82, 2.24) is 5.32 Å². The molecule has 5 rings (SSSR count). The fraction of sp³-hybridized carbons (Fsp3) is 0.650. The molecule has 4 aliphatic rings. The van der Waals surface area contributed by atoms with Crippen LogP contribution in [-0.2, 0) is 11.3 Å². The lowest BCUT2D eigenvalue weighted by molar-refractivity contribution is -0.0514. The SMILES string of the molecule is COC(=O)c1cc(Cl)ccc1CNCC12CC3CC(CC(C3)C1)C2. The van der Waals surface area contributed by atoms with Crippen LogP contribution in [0.3, 0.4) is 0 Å². The lowest BCUT2D eigenvalue weighted by Gasteiger charge is -2.57. The van der Waals surface area contributed by atoms with Crippen molar-refractivity contribution in [3.8, 4) is 0 Å². The summed E-state index contributed by atoms with van der Waals surface area (Å²) >= 11 is 6.03. The lowest BCUT2D eigenvalue weighted by Crippen LogP contribution is -2.50. The number of esters is 1. The van der Waals surface area contributed by atoms with Crippen molar-refractivity contribution in [3.05, 3.63) is 34.3 Å². The minimum atomic E-state index is -0.316. The maximum Gasteiger partial charge on any atom is 0.338 e. The molecule has 0 unspecified atom stereocenters. The topological polar surface area (TPSA) is 38.3 Å². The predicted octanol–water partition coefficient (Wildman–Crippen LogP) is 4.43. The van der Waals surface area contributed by atoms with E-state index in [1.807, 2.05) is 12.1 Å². The van der Waals surface area contributed by atoms with Crippen LogP contribution < -0.4 is 5.32 Å². The molecule has 1 N–H and O–H groups in total. The van der Waals surface area contributed by atoms with Crippen LogP contribution in [0.1, 0.15) is 54.4 Å². The number of carbonyl (C=O) groups is 1. The van der Waals surface area contributed by atoms with Gasteiger partial charge in [0.25, 0.3) is 0 Å². The molecule has 0 aromatic heterocycles. The zero-order valence-electron chi connectivity index (χ0n) is 14.3. The first kappa shape index (κ1) is 16.4. The zero-order chi connectivity index (χ0) is 16.7. The molecule has 130 valence electrons. The third kappa shape index (κ3) is 3.09. The second kappa shape index (κ2) is 6.34. The van der Waals surface area contributed by atoms with Crippen molar-refractivity contribution < 1.29 is 9.53 Å². The number of ether oxygens (including phenoxy) is 1. The second-order valence-electron chi connectivity index (χ2n) is 8.31. The van der Waals surface area contributed by atoms with Gasteiger partial charge in [-0.05, 0) is 79.4 Å². The summed E-state index contributed by atoms with van der Waals surface area (Å²) in [6, 6.07) is 5.48. The summed E-state index contributed by atoms with van der Waals surface area (Å²) in [5.41, 5.74) is 2.05. The van der Waals surface area contributed by atoms with Crippen molar-refractivity contribution in [2.75, 3.05) is 13.7 Å². The molecule has 0 radical (unpaired) electrons. The van der Waals surface area contributed by atoms with E-state index in [9.17, 15) is 4.79 Å². The van der Waals surface area contributed by atoms with Gasteiger partial charge in [-0.3, -0.25) is 0 Å². The van der Waals surface area contributed by atoms with Gasteiger partial charge in [0.05, 0.1) is 12.7 Å². The standard InChI is InChI=1S/C20H26ClNO2/c1-24-19(23)18-7-17(21)3-2-16(18)11-22-12-20-8-13-4-14(9-20)6-15(5-13)10-20/h2-3,7,13-15,22H,4-6,8-12H2,1H3. The van der Waals surface area contributed by atoms with E-state index in [2.05, 4.69) is 5.32 Å². The van der Waals surface area contributed by atoms with Crippen molar-refractivity contribution in [1.29, 1.82) is 0 Å². The van der Waals surface area contributed by atoms with Crippen molar-refractivity contribution in [2.24, 2.45) is 23.2 Å². The maximum atomic E-state index is 12.0. The van der Waals surface area contributed by atoms with Gasteiger partial charge in [-0.15, -0.1) is 0 Å². The Bertz CT molecular complexity index is 607. The molecule has 3 nitrogen and oxygen atoms in total. The molecule has 4 heteroatoms. The lowest BCUT2D eigenvalue weighted by atomic mass is 9.49. The smallest absolute Gasteiger partial charge is 0.338 e. The number of carbonyl (C=O) groups excluding carboxylic acids is 1. The van der Waals surface area contributed by atoms with Gasteiger partial charge in [-0.2, -0.15) is 0 Å². The van der Waals surface area contributed by atoms with E-state index in [-0.39, 0.29) is 5.97 Å². The van der Waals surface area contributed by atoms with Crippen LogP contribution in [0.5, 0.6) is 0 Å². The first-order valence-electron chi connectivity index (χ1n) is 9.14. The van der Waals surface area contributed by atoms with Gasteiger partial charge in [0.15, 0.2) is 0 Å². The van der Waals surface area contributed by atoms with Gasteiger partial charge in [0, 0.05) is 18.1 Å². The largest absolute Gasteiger partial charge is 0.465 e. The van der Waals surface area contributed by atoms with Gasteiger partial charge < -0.3 is 10.1 Å². The normalized spacial score (nSPS) is 33.7. The summed E-state index contributed by atoms with van der Waals surface area (Å²) in [7, 11) is 1.41. The summed E-state index contributed by atoms with van der Waals surface area (Å²) < 4.78 is 4.89. The summed E-state index contributed by atoms with van der Waals surface area (Å²) in [6.07, 6.45) is 8.62. The molecule has 0 aliphatic heterocycles. The van der Waals surface area contributed by atoms with E-state index in [1.54, 1.807) is 6.07 Å². The molecule has 4 aliphatic carbocycles. The van der Waals surface area contributed by atoms with Crippen molar-refractivity contribution in [2.45, 2.75) is 45.1 Å². The number of halogens is 1. The van der Waals surface area contributed by atoms with Gasteiger partial charge in [0.2, 0.25) is 0 Å². The Morgan fingerprint density at radius 3 is 2.42 bits per heavy atom. The van der Waals surface area contributed by atoms with E-state index < -0.39 is 0 Å². The summed E-state index contributed by atoms with van der Waals surface area (Å²) in [5, 5.41) is 4.22. The number of hydrogen-bond donors (Lipinski definition) is 1. The Hall–Kier alpha value is -1.06. The van der Waals surface area contributed by atoms with Crippen LogP contribution in [0.15, 0.2) is 18.2 Å². The average molecular weight is 348 g/mol. The molecule has 1 aromatic carbocycles. The minimum absolute atomic E-state index is 0.316. The second-order valence-corrected chi connectivity index (χ2v) is 8.75. The van der Waals surface area contributed by atoms with Crippen molar-refractivity contribution >= 4 is 17.6 Å². The highest BCUT2D eigenvalue weighted by Crippen LogP contribution is 2.59. The summed E-state index contributed by atoms with van der Waals surface area (Å²) in [4.78, 5) is 12.0. The molecule has 0 spiro atoms. The number of benzene rings is 1. The Morgan fingerprint density at radius 2 is 1.83 bits per heavy atom. The highest BCUT2D eigenvalue weighted by molar-refractivity contribution is 6.31. The average Bonchev–Trinajstić information content (AvgIpc) is 2.54. The van der Waals surface area contributed by atoms with E-state index in [0.717, 1.165) is 29.9 Å². The summed E-state index contributed by atoms with van der Waals surface area (Å²) in [5.74, 6) is 2.60. The number of hydrogen-bond acceptors (Lipinski definition) is 3. The Kier molecular flexibility index (Phi) is 4.34. The van der Waals surface area contributed by atoms with Gasteiger partial charge in [-0.25, -0.2) is 4.79 Å². The quantitative estimate of drug-likeness (QED) is 0.800. The van der Waals surface area contributed by atoms with E-state index in [0.29, 0.717) is 22.5 Å². The molecular weight excluding hydrogens is 322 g/mol. The molecule has 0 saturated heterocycles. The van der Waals surface area contributed by atoms with Crippen LogP contribution >= 0.6 is 11.6 Å². The van der Waals surface area contributed by atoms with E-state index >= 15 is 0 Å². The number of methoxy groups -OCH3 is 1. The van der Waals surface area contributed by atoms with E-state index in [4.69, 9.17) is 16.3 Å². The van der Waals surface area contributed by atoms with Crippen molar-refractivity contribution in [3.63, 3.8) is 0 Å². The zero-order valence-corrected chi connectivity index (χ0v) is 15.1. The third-order valence-electron chi connectivity index (χ3n) is 6.46. The molecule has 4 fully saturated rings. The molecule has 4 bridgehead atoms. The van der Waals surface area contributed by atoms with Crippen LogP contribution in [-0.4, -0.2) is 19.6 Å². The number of nitrogens with one attached hydrogen (secondary N) is 1. The third-order valence-corrected chi connectivity index (χ3v) is 6.69. The minimum Gasteiger partial charge on any atom is -0.465 e. The Balaban J connectivity index is 1.42. The molecule has 24 heavy (non-hydrogen) atoms. The first-order chi connectivity index (χ1) is 11.6. The van der Waals surface area contributed by atoms with Gasteiger partial charge in [-0.1, -0.05) is 17.7 Å². The molecular formula is C20H26ClNO2. The highest BCUT2D eigenvalue weighted by Gasteiger charge is 2.50. The van der Waals surface area contributed by atoms with Crippen LogP contribution in [0.2, 0.25) is 5.02 Å². The van der Waals surface area contributed by atoms with E-state index in [1.165, 1.54) is 45.6 Å². The molecule has 1 aromatic rings.